The van der Waals surface area contributed by atoms with Crippen LogP contribution in [0, 0.1) is 5.21 Å². The summed E-state index contributed by atoms with van der Waals surface area (Å²) in [6.45, 7) is -0.189. The zero-order chi connectivity index (χ0) is 29.0. The van der Waals surface area contributed by atoms with E-state index in [0.29, 0.717) is 5.56 Å². The highest BCUT2D eigenvalue weighted by molar-refractivity contribution is 7.91. The third-order valence-corrected chi connectivity index (χ3v) is 8.66. The number of aromatic carboxylic acids is 1. The number of benzene rings is 4. The summed E-state index contributed by atoms with van der Waals surface area (Å²) in [7, 11) is -3.29. The average Bonchev–Trinajstić information content (AvgIpc) is 2.98. The van der Waals surface area contributed by atoms with Gasteiger partial charge in [0.1, 0.15) is 29.5 Å². The summed E-state index contributed by atoms with van der Waals surface area (Å²) in [6, 6.07) is 27.8. The van der Waals surface area contributed by atoms with Crippen molar-refractivity contribution >= 4 is 33.1 Å². The number of carboxylic acids is 1. The number of nitrogens with one attached hydrogen (secondary N) is 1. The number of nitrogens with zero attached hydrogens (tertiary/aromatic N) is 1. The molecule has 4 aromatic rings. The highest BCUT2D eigenvalue weighted by atomic mass is 32.2. The molecule has 1 saturated heterocycles. The van der Waals surface area contributed by atoms with Crippen molar-refractivity contribution in [3.8, 4) is 16.9 Å². The number of rotatable bonds is 8. The Kier molecular flexibility index (Phi) is 7.89. The van der Waals surface area contributed by atoms with Crippen LogP contribution in [0.2, 0.25) is 0 Å². The molecule has 0 aromatic heterocycles. The number of carbonyl (C=O) groups is 2. The summed E-state index contributed by atoms with van der Waals surface area (Å²) in [4.78, 5) is 25.7. The molecule has 0 unspecified atom stereocenters. The lowest BCUT2D eigenvalue weighted by Gasteiger charge is -2.44. The van der Waals surface area contributed by atoms with Gasteiger partial charge in [0.2, 0.25) is 0 Å². The standard InChI is InChI=1S/C31H28N2O7S/c34-30(32-28-19-24(11-13-26(28)31(35)36)23-9-5-2-6-10-23)27-20-25(33(37)15-17-41(38,39)18-16-33)12-14-29(27)40-21-22-7-3-1-4-8-22/h1-14,19-20H,15-18,21H2,(H,32,34)(H,35,36). The van der Waals surface area contributed by atoms with Gasteiger partial charge in [0.25, 0.3) is 5.91 Å². The fraction of sp³-hybridized carbons (Fsp3) is 0.161. The van der Waals surface area contributed by atoms with Gasteiger partial charge in [-0.05, 0) is 34.9 Å². The molecular weight excluding hydrogens is 544 g/mol. The van der Waals surface area contributed by atoms with Crippen molar-refractivity contribution < 1.29 is 27.9 Å². The van der Waals surface area contributed by atoms with Crippen molar-refractivity contribution in [2.24, 2.45) is 0 Å². The number of anilines is 1. The number of carboxylic acid groups (broad SMARTS) is 1. The monoisotopic (exact) mass is 572 g/mol. The van der Waals surface area contributed by atoms with Gasteiger partial charge in [-0.15, -0.1) is 0 Å². The van der Waals surface area contributed by atoms with Gasteiger partial charge in [-0.1, -0.05) is 66.7 Å². The number of sulfone groups is 1. The minimum atomic E-state index is -3.29. The van der Waals surface area contributed by atoms with E-state index < -0.39 is 26.4 Å². The van der Waals surface area contributed by atoms with Crippen molar-refractivity contribution in [3.63, 3.8) is 0 Å². The first-order valence-corrected chi connectivity index (χ1v) is 14.8. The molecule has 0 radical (unpaired) electrons. The number of carbonyl (C=O) groups excluding carboxylic acids is 1. The maximum Gasteiger partial charge on any atom is 0.337 e. The normalized spacial score (nSPS) is 15.5. The number of quaternary nitrogens is 1. The average molecular weight is 573 g/mol. The molecule has 0 saturated carbocycles. The first-order valence-electron chi connectivity index (χ1n) is 13.0. The van der Waals surface area contributed by atoms with Crippen LogP contribution in [-0.2, 0) is 16.4 Å². The molecule has 210 valence electrons. The molecule has 4 aromatic carbocycles. The van der Waals surface area contributed by atoms with E-state index in [0.717, 1.165) is 11.1 Å². The molecule has 0 bridgehead atoms. The molecule has 1 fully saturated rings. The van der Waals surface area contributed by atoms with E-state index in [9.17, 15) is 28.3 Å². The van der Waals surface area contributed by atoms with Gasteiger partial charge in [0.15, 0.2) is 9.84 Å². The smallest absolute Gasteiger partial charge is 0.337 e. The van der Waals surface area contributed by atoms with Gasteiger partial charge >= 0.3 is 5.97 Å². The Balaban J connectivity index is 1.51. The molecule has 9 nitrogen and oxygen atoms in total. The second kappa shape index (κ2) is 11.5. The van der Waals surface area contributed by atoms with Gasteiger partial charge in [0, 0.05) is 12.1 Å². The SMILES string of the molecule is O=C(O)c1ccc(-c2ccccc2)cc1NC(=O)c1cc([N+]2([O-])CCS(=O)(=O)CC2)ccc1OCc1ccccc1. The minimum Gasteiger partial charge on any atom is -0.627 e. The van der Waals surface area contributed by atoms with Crippen LogP contribution in [-0.4, -0.2) is 50.0 Å². The minimum absolute atomic E-state index is 0.0293. The van der Waals surface area contributed by atoms with Crippen molar-refractivity contribution in [2.45, 2.75) is 6.61 Å². The van der Waals surface area contributed by atoms with Crippen molar-refractivity contribution in [1.82, 2.24) is 4.65 Å². The van der Waals surface area contributed by atoms with E-state index in [4.69, 9.17) is 4.74 Å². The summed E-state index contributed by atoms with van der Waals surface area (Å²) in [6.07, 6.45) is 0. The van der Waals surface area contributed by atoms with Crippen LogP contribution in [0.15, 0.2) is 97.1 Å². The molecule has 0 atom stereocenters. The molecule has 5 rings (SSSR count). The first-order chi connectivity index (χ1) is 19.6. The third kappa shape index (κ3) is 6.46. The highest BCUT2D eigenvalue weighted by Crippen LogP contribution is 2.33. The highest BCUT2D eigenvalue weighted by Gasteiger charge is 2.32. The van der Waals surface area contributed by atoms with Crippen LogP contribution in [0.25, 0.3) is 11.1 Å². The van der Waals surface area contributed by atoms with Crippen LogP contribution in [0.3, 0.4) is 0 Å². The molecule has 2 N–H and O–H groups in total. The second-order valence-electron chi connectivity index (χ2n) is 9.83. The van der Waals surface area contributed by atoms with Crippen LogP contribution < -0.4 is 14.7 Å². The Hall–Kier alpha value is -4.51. The number of hydrogen-bond donors (Lipinski definition) is 2. The van der Waals surface area contributed by atoms with E-state index in [2.05, 4.69) is 5.32 Å². The fourth-order valence-electron chi connectivity index (χ4n) is 4.69. The maximum absolute atomic E-state index is 13.7. The lowest BCUT2D eigenvalue weighted by Crippen LogP contribution is -2.53. The Morgan fingerprint density at radius 1 is 0.829 bits per heavy atom. The topological polar surface area (TPSA) is 133 Å². The van der Waals surface area contributed by atoms with Gasteiger partial charge in [-0.3, -0.25) is 4.79 Å². The summed E-state index contributed by atoms with van der Waals surface area (Å²) < 4.78 is 29.0. The van der Waals surface area contributed by atoms with Gasteiger partial charge in [-0.25, -0.2) is 13.2 Å². The van der Waals surface area contributed by atoms with Crippen LogP contribution >= 0.6 is 0 Å². The van der Waals surface area contributed by atoms with Crippen LogP contribution in [0.1, 0.15) is 26.3 Å². The fourth-order valence-corrected chi connectivity index (χ4v) is 6.04. The molecule has 1 amide bonds. The Labute approximate surface area is 237 Å². The lowest BCUT2D eigenvalue weighted by atomic mass is 10.0. The Morgan fingerprint density at radius 2 is 1.49 bits per heavy atom. The number of hydrogen-bond acceptors (Lipinski definition) is 6. The summed E-state index contributed by atoms with van der Waals surface area (Å²) in [5, 5.41) is 26.1. The molecule has 10 heteroatoms. The molecule has 1 aliphatic heterocycles. The van der Waals surface area contributed by atoms with E-state index in [-0.39, 0.29) is 59.5 Å². The largest absolute Gasteiger partial charge is 0.627 e. The van der Waals surface area contributed by atoms with E-state index in [1.165, 1.54) is 18.2 Å². The first kappa shape index (κ1) is 28.0. The number of ether oxygens (including phenoxy) is 1. The Bertz CT molecular complexity index is 1680. The molecular formula is C31H28N2O7S. The number of hydroxylamine groups is 2. The zero-order valence-electron chi connectivity index (χ0n) is 22.0. The molecule has 0 aliphatic carbocycles. The third-order valence-electron chi connectivity index (χ3n) is 7.05. The lowest BCUT2D eigenvalue weighted by molar-refractivity contribution is 0.0698. The van der Waals surface area contributed by atoms with Gasteiger partial charge in [-0.2, -0.15) is 0 Å². The van der Waals surface area contributed by atoms with Crippen molar-refractivity contribution in [3.05, 3.63) is 119 Å². The van der Waals surface area contributed by atoms with Gasteiger partial charge in [0.05, 0.1) is 29.9 Å². The summed E-state index contributed by atoms with van der Waals surface area (Å²) in [5.74, 6) is -2.19. The number of amides is 1. The van der Waals surface area contributed by atoms with Crippen LogP contribution in [0.4, 0.5) is 11.4 Å². The zero-order valence-corrected chi connectivity index (χ0v) is 22.8. The van der Waals surface area contributed by atoms with Crippen molar-refractivity contribution in [1.29, 1.82) is 0 Å². The second-order valence-corrected chi connectivity index (χ2v) is 12.1. The summed E-state index contributed by atoms with van der Waals surface area (Å²) in [5.41, 5.74) is 2.63. The van der Waals surface area contributed by atoms with Crippen molar-refractivity contribution in [2.75, 3.05) is 29.9 Å². The molecule has 0 spiro atoms. The van der Waals surface area contributed by atoms with E-state index in [1.54, 1.807) is 18.2 Å². The van der Waals surface area contributed by atoms with Gasteiger partial charge < -0.3 is 25.0 Å². The quantitative estimate of drug-likeness (QED) is 0.221. The predicted molar refractivity (Wildman–Crippen MR) is 158 cm³/mol. The van der Waals surface area contributed by atoms with E-state index >= 15 is 0 Å². The molecule has 41 heavy (non-hydrogen) atoms. The molecule has 1 aliphatic rings. The summed E-state index contributed by atoms with van der Waals surface area (Å²) >= 11 is 0. The van der Waals surface area contributed by atoms with E-state index in [1.807, 2.05) is 60.7 Å². The van der Waals surface area contributed by atoms with Crippen LogP contribution in [0.5, 0.6) is 5.75 Å². The maximum atomic E-state index is 13.7. The molecule has 1 heterocycles. The Morgan fingerprint density at radius 3 is 2.15 bits per heavy atom. The predicted octanol–water partition coefficient (Wildman–Crippen LogP) is 5.12.